The molecular weight excluding hydrogens is 221 g/mol. The lowest BCUT2D eigenvalue weighted by molar-refractivity contribution is 0.197. The third-order valence-corrected chi connectivity index (χ3v) is 2.42. The molecule has 0 radical (unpaired) electrons. The second-order valence-electron chi connectivity index (χ2n) is 3.77. The smallest absolute Gasteiger partial charge is 0.178 e. The van der Waals surface area contributed by atoms with E-state index < -0.39 is 11.9 Å². The van der Waals surface area contributed by atoms with Gasteiger partial charge in [0.2, 0.25) is 0 Å². The molecule has 2 rings (SSSR count). The third-order valence-electron chi connectivity index (χ3n) is 2.42. The summed E-state index contributed by atoms with van der Waals surface area (Å²) >= 11 is 0. The van der Waals surface area contributed by atoms with Crippen molar-refractivity contribution in [2.45, 2.75) is 20.0 Å². The largest absolute Gasteiger partial charge is 0.389 e. The van der Waals surface area contributed by atoms with Crippen LogP contribution in [0.1, 0.15) is 24.3 Å². The van der Waals surface area contributed by atoms with Gasteiger partial charge in [-0.15, -0.1) is 0 Å². The van der Waals surface area contributed by atoms with Crippen molar-refractivity contribution in [3.63, 3.8) is 0 Å². The Morgan fingerprint density at radius 1 is 1.24 bits per heavy atom. The van der Waals surface area contributed by atoms with Gasteiger partial charge in [-0.3, -0.25) is 0 Å². The van der Waals surface area contributed by atoms with Gasteiger partial charge < -0.3 is 5.11 Å². The van der Waals surface area contributed by atoms with Gasteiger partial charge in [0.25, 0.3) is 0 Å². The molecule has 0 saturated heterocycles. The predicted molar refractivity (Wildman–Crippen MR) is 60.6 cm³/mol. The van der Waals surface area contributed by atoms with Crippen LogP contribution >= 0.6 is 0 Å². The van der Waals surface area contributed by atoms with Crippen molar-refractivity contribution in [1.29, 1.82) is 0 Å². The van der Waals surface area contributed by atoms with Crippen LogP contribution in [0.3, 0.4) is 0 Å². The van der Waals surface area contributed by atoms with E-state index in [9.17, 15) is 9.50 Å². The summed E-state index contributed by atoms with van der Waals surface area (Å²) in [6.45, 7) is 3.44. The van der Waals surface area contributed by atoms with Crippen molar-refractivity contribution >= 4 is 0 Å². The summed E-state index contributed by atoms with van der Waals surface area (Å²) in [5.41, 5.74) is 1.87. The number of pyridine rings is 1. The Kier molecular flexibility index (Phi) is 3.10. The highest BCUT2D eigenvalue weighted by molar-refractivity contribution is 5.48. The van der Waals surface area contributed by atoms with Crippen LogP contribution in [0.5, 0.6) is 0 Å². The Morgan fingerprint density at radius 3 is 2.53 bits per heavy atom. The van der Waals surface area contributed by atoms with Crippen LogP contribution in [-0.2, 0) is 0 Å². The van der Waals surface area contributed by atoms with Crippen LogP contribution in [0.4, 0.5) is 4.39 Å². The number of aromatic nitrogens is 3. The third kappa shape index (κ3) is 2.45. The average Bonchev–Trinajstić information content (AvgIpc) is 2.29. The summed E-state index contributed by atoms with van der Waals surface area (Å²) < 4.78 is 12.7. The minimum absolute atomic E-state index is 0.397. The second-order valence-corrected chi connectivity index (χ2v) is 3.77. The number of nitrogens with zero attached hydrogens (tertiary/aromatic N) is 3. The van der Waals surface area contributed by atoms with Crippen LogP contribution in [0.15, 0.2) is 24.5 Å². The molecule has 1 atom stereocenters. The number of hydrogen-bond donors (Lipinski definition) is 1. The van der Waals surface area contributed by atoms with Crippen molar-refractivity contribution in [3.05, 3.63) is 41.6 Å². The molecule has 0 amide bonds. The molecular formula is C12H12FN3O. The van der Waals surface area contributed by atoms with Crippen molar-refractivity contribution in [3.8, 4) is 11.5 Å². The normalized spacial score (nSPS) is 12.5. The number of hydrogen-bond acceptors (Lipinski definition) is 4. The monoisotopic (exact) mass is 233 g/mol. The first-order valence-corrected chi connectivity index (χ1v) is 5.21. The SMILES string of the molecule is Cc1nc(-c2ccc(F)cn2)ncc1[C@@H](C)O. The minimum Gasteiger partial charge on any atom is -0.389 e. The minimum atomic E-state index is -0.606. The number of aliphatic hydroxyl groups excluding tert-OH is 1. The molecule has 0 aliphatic rings. The molecule has 2 aromatic rings. The molecule has 17 heavy (non-hydrogen) atoms. The summed E-state index contributed by atoms with van der Waals surface area (Å²) in [5.74, 6) is 0.0259. The van der Waals surface area contributed by atoms with Crippen molar-refractivity contribution in [2.24, 2.45) is 0 Å². The van der Waals surface area contributed by atoms with Crippen molar-refractivity contribution in [1.82, 2.24) is 15.0 Å². The molecule has 0 spiro atoms. The molecule has 0 saturated carbocycles. The molecule has 0 aromatic carbocycles. The quantitative estimate of drug-likeness (QED) is 0.862. The van der Waals surface area contributed by atoms with E-state index in [0.29, 0.717) is 22.8 Å². The van der Waals surface area contributed by atoms with Crippen molar-refractivity contribution < 1.29 is 9.50 Å². The maximum absolute atomic E-state index is 12.7. The number of aryl methyl sites for hydroxylation is 1. The first-order valence-electron chi connectivity index (χ1n) is 5.21. The van der Waals surface area contributed by atoms with E-state index in [1.807, 2.05) is 0 Å². The lowest BCUT2D eigenvalue weighted by atomic mass is 10.1. The van der Waals surface area contributed by atoms with Crippen LogP contribution < -0.4 is 0 Å². The van der Waals surface area contributed by atoms with Gasteiger partial charge in [-0.25, -0.2) is 19.3 Å². The van der Waals surface area contributed by atoms with Crippen LogP contribution in [0.2, 0.25) is 0 Å². The fourth-order valence-corrected chi connectivity index (χ4v) is 1.52. The number of halogens is 1. The molecule has 2 aromatic heterocycles. The zero-order chi connectivity index (χ0) is 12.4. The topological polar surface area (TPSA) is 58.9 Å². The van der Waals surface area contributed by atoms with Gasteiger partial charge in [0, 0.05) is 17.5 Å². The zero-order valence-corrected chi connectivity index (χ0v) is 9.55. The van der Waals surface area contributed by atoms with Crippen LogP contribution in [0, 0.1) is 12.7 Å². The number of rotatable bonds is 2. The highest BCUT2D eigenvalue weighted by Gasteiger charge is 2.09. The summed E-state index contributed by atoms with van der Waals surface area (Å²) in [7, 11) is 0. The van der Waals surface area contributed by atoms with Gasteiger partial charge in [-0.05, 0) is 26.0 Å². The Labute approximate surface area is 98.2 Å². The first kappa shape index (κ1) is 11.6. The van der Waals surface area contributed by atoms with Gasteiger partial charge in [-0.1, -0.05) is 0 Å². The summed E-state index contributed by atoms with van der Waals surface area (Å²) in [5, 5.41) is 9.46. The molecule has 1 N–H and O–H groups in total. The van der Waals surface area contributed by atoms with E-state index >= 15 is 0 Å². The predicted octanol–water partition coefficient (Wildman–Crippen LogP) is 2.04. The average molecular weight is 233 g/mol. The fraction of sp³-hybridized carbons (Fsp3) is 0.250. The molecule has 0 fully saturated rings. The highest BCUT2D eigenvalue weighted by Crippen LogP contribution is 2.18. The van der Waals surface area contributed by atoms with E-state index in [1.54, 1.807) is 20.0 Å². The molecule has 88 valence electrons. The lowest BCUT2D eigenvalue weighted by Gasteiger charge is -2.08. The maximum Gasteiger partial charge on any atom is 0.178 e. The van der Waals surface area contributed by atoms with E-state index in [0.717, 1.165) is 6.20 Å². The number of aliphatic hydroxyl groups is 1. The van der Waals surface area contributed by atoms with Gasteiger partial charge in [0.15, 0.2) is 5.82 Å². The van der Waals surface area contributed by atoms with Gasteiger partial charge in [0.1, 0.15) is 11.5 Å². The molecule has 2 heterocycles. The van der Waals surface area contributed by atoms with Gasteiger partial charge in [-0.2, -0.15) is 0 Å². The Hall–Kier alpha value is -1.88. The van der Waals surface area contributed by atoms with Crippen molar-refractivity contribution in [2.75, 3.05) is 0 Å². The van der Waals surface area contributed by atoms with Crippen LogP contribution in [0.25, 0.3) is 11.5 Å². The van der Waals surface area contributed by atoms with Gasteiger partial charge >= 0.3 is 0 Å². The van der Waals surface area contributed by atoms with Crippen LogP contribution in [-0.4, -0.2) is 20.1 Å². The fourth-order valence-electron chi connectivity index (χ4n) is 1.52. The Balaban J connectivity index is 2.41. The Bertz CT molecular complexity index is 526. The zero-order valence-electron chi connectivity index (χ0n) is 9.55. The lowest BCUT2D eigenvalue weighted by Crippen LogP contribution is -2.01. The second kappa shape index (κ2) is 4.55. The molecule has 4 nitrogen and oxygen atoms in total. The van der Waals surface area contributed by atoms with E-state index in [4.69, 9.17) is 0 Å². The molecule has 0 aliphatic carbocycles. The van der Waals surface area contributed by atoms with Gasteiger partial charge in [0.05, 0.1) is 12.3 Å². The summed E-state index contributed by atoms with van der Waals surface area (Å²) in [6.07, 6.45) is 2.08. The summed E-state index contributed by atoms with van der Waals surface area (Å²) in [6, 6.07) is 2.83. The maximum atomic E-state index is 12.7. The van der Waals surface area contributed by atoms with E-state index in [-0.39, 0.29) is 0 Å². The molecule has 0 bridgehead atoms. The molecule has 0 unspecified atom stereocenters. The standard InChI is InChI=1S/C12H12FN3O/c1-7-10(8(2)17)6-15-12(16-7)11-4-3-9(13)5-14-11/h3-6,8,17H,1-2H3/t8-/m1/s1. The van der Waals surface area contributed by atoms with E-state index in [2.05, 4.69) is 15.0 Å². The van der Waals surface area contributed by atoms with E-state index in [1.165, 1.54) is 12.1 Å². The highest BCUT2D eigenvalue weighted by atomic mass is 19.1. The molecule has 0 aliphatic heterocycles. The summed E-state index contributed by atoms with van der Waals surface area (Å²) in [4.78, 5) is 12.2. The first-order chi connectivity index (χ1) is 8.08. The Morgan fingerprint density at radius 2 is 2.00 bits per heavy atom. The molecule has 5 heteroatoms.